The number of thiophene rings is 1. The second kappa shape index (κ2) is 6.60. The number of nitrogens with zero attached hydrogens (tertiary/aromatic N) is 3. The molecular formula is C21H22N4OS. The Labute approximate surface area is 162 Å². The van der Waals surface area contributed by atoms with Gasteiger partial charge >= 0.3 is 0 Å². The summed E-state index contributed by atoms with van der Waals surface area (Å²) in [5.74, 6) is 1.16. The molecule has 3 atom stereocenters. The molecule has 5 rings (SSSR count). The summed E-state index contributed by atoms with van der Waals surface area (Å²) < 4.78 is 0. The topological polar surface area (TPSA) is 72.1 Å². The summed E-state index contributed by atoms with van der Waals surface area (Å²) in [5.41, 5.74) is 8.11. The molecule has 3 heterocycles. The summed E-state index contributed by atoms with van der Waals surface area (Å²) in [6.45, 7) is 0. The van der Waals surface area contributed by atoms with Gasteiger partial charge in [0.1, 0.15) is 23.0 Å². The third-order valence-electron chi connectivity index (χ3n) is 6.10. The van der Waals surface area contributed by atoms with Crippen LogP contribution in [0, 0.1) is 5.92 Å². The molecule has 1 amide bonds. The molecule has 2 aromatic heterocycles. The van der Waals surface area contributed by atoms with E-state index in [0.717, 1.165) is 40.0 Å². The van der Waals surface area contributed by atoms with Crippen LogP contribution < -0.4 is 10.6 Å². The van der Waals surface area contributed by atoms with Crippen molar-refractivity contribution >= 4 is 33.3 Å². The van der Waals surface area contributed by atoms with E-state index in [4.69, 9.17) is 5.73 Å². The van der Waals surface area contributed by atoms with E-state index in [1.54, 1.807) is 17.7 Å². The van der Waals surface area contributed by atoms with Crippen molar-refractivity contribution in [3.63, 3.8) is 0 Å². The normalized spacial score (nSPS) is 24.9. The molecule has 0 radical (unpaired) electrons. The fourth-order valence-corrected chi connectivity index (χ4v) is 5.81. The second-order valence-corrected chi connectivity index (χ2v) is 8.42. The lowest BCUT2D eigenvalue weighted by atomic mass is 9.84. The number of aromatic nitrogens is 2. The SMILES string of the molecule is NC(=O)[C@H]1C[C@H]2CCCC[C@@H]2N1c1ncnc2scc(-c3ccccc3)c12. The van der Waals surface area contributed by atoms with Crippen molar-refractivity contribution in [2.45, 2.75) is 44.2 Å². The molecule has 5 nitrogen and oxygen atoms in total. The molecule has 3 aromatic rings. The van der Waals surface area contributed by atoms with Gasteiger partial charge in [-0.1, -0.05) is 43.2 Å². The van der Waals surface area contributed by atoms with Gasteiger partial charge in [-0.25, -0.2) is 9.97 Å². The van der Waals surface area contributed by atoms with Crippen LogP contribution in [0.15, 0.2) is 42.0 Å². The van der Waals surface area contributed by atoms with Crippen LogP contribution in [0.4, 0.5) is 5.82 Å². The van der Waals surface area contributed by atoms with Gasteiger partial charge in [0.2, 0.25) is 5.91 Å². The van der Waals surface area contributed by atoms with E-state index < -0.39 is 0 Å². The molecule has 1 saturated heterocycles. The Hall–Kier alpha value is -2.47. The minimum Gasteiger partial charge on any atom is -0.368 e. The molecule has 27 heavy (non-hydrogen) atoms. The summed E-state index contributed by atoms with van der Waals surface area (Å²) in [6.07, 6.45) is 7.19. The van der Waals surface area contributed by atoms with Gasteiger partial charge in [-0.15, -0.1) is 11.3 Å². The van der Waals surface area contributed by atoms with Gasteiger partial charge in [0.05, 0.1) is 5.39 Å². The Morgan fingerprint density at radius 2 is 1.96 bits per heavy atom. The van der Waals surface area contributed by atoms with Crippen LogP contribution in [-0.2, 0) is 4.79 Å². The van der Waals surface area contributed by atoms with E-state index in [1.807, 2.05) is 18.2 Å². The van der Waals surface area contributed by atoms with E-state index in [0.29, 0.717) is 12.0 Å². The number of carbonyl (C=O) groups is 1. The molecule has 2 aliphatic rings. The standard InChI is InChI=1S/C21H22N4OS/c22-19(26)17-10-14-8-4-5-9-16(14)25(17)20-18-15(13-6-2-1-3-7-13)11-27-21(18)24-12-23-20/h1-3,6-7,11-12,14,16-17H,4-5,8-10H2,(H2,22,26)/t14-,16+,17-/m1/s1. The third kappa shape index (κ3) is 2.70. The highest BCUT2D eigenvalue weighted by molar-refractivity contribution is 7.17. The molecule has 2 fully saturated rings. The van der Waals surface area contributed by atoms with Crippen molar-refractivity contribution < 1.29 is 4.79 Å². The number of hydrogen-bond acceptors (Lipinski definition) is 5. The maximum absolute atomic E-state index is 12.3. The zero-order valence-electron chi connectivity index (χ0n) is 15.0. The predicted octanol–water partition coefficient (Wildman–Crippen LogP) is 3.98. The zero-order chi connectivity index (χ0) is 18.4. The quantitative estimate of drug-likeness (QED) is 0.748. The largest absolute Gasteiger partial charge is 0.368 e. The number of nitrogens with two attached hydrogens (primary N) is 1. The summed E-state index contributed by atoms with van der Waals surface area (Å²) in [7, 11) is 0. The summed E-state index contributed by atoms with van der Waals surface area (Å²) in [5, 5.41) is 3.19. The number of primary amides is 1. The van der Waals surface area contributed by atoms with Crippen molar-refractivity contribution in [3.8, 4) is 11.1 Å². The van der Waals surface area contributed by atoms with Crippen molar-refractivity contribution in [1.29, 1.82) is 0 Å². The summed E-state index contributed by atoms with van der Waals surface area (Å²) >= 11 is 1.63. The number of amides is 1. The minimum atomic E-state index is -0.278. The number of carbonyl (C=O) groups excluding carboxylic acids is 1. The number of hydrogen-bond donors (Lipinski definition) is 1. The van der Waals surface area contributed by atoms with Crippen LogP contribution in [0.2, 0.25) is 0 Å². The lowest BCUT2D eigenvalue weighted by Crippen LogP contribution is -2.45. The third-order valence-corrected chi connectivity index (χ3v) is 6.98. The highest BCUT2D eigenvalue weighted by atomic mass is 32.1. The molecule has 0 unspecified atom stereocenters. The maximum Gasteiger partial charge on any atom is 0.240 e. The van der Waals surface area contributed by atoms with Gasteiger partial charge in [0.15, 0.2) is 0 Å². The number of benzene rings is 1. The Bertz CT molecular complexity index is 986. The first-order chi connectivity index (χ1) is 13.2. The minimum absolute atomic E-state index is 0.243. The molecule has 1 saturated carbocycles. The lowest BCUT2D eigenvalue weighted by molar-refractivity contribution is -0.119. The molecule has 0 bridgehead atoms. The van der Waals surface area contributed by atoms with Gasteiger partial charge in [-0.2, -0.15) is 0 Å². The van der Waals surface area contributed by atoms with Gasteiger partial charge in [-0.05, 0) is 30.7 Å². The van der Waals surface area contributed by atoms with Gasteiger partial charge in [-0.3, -0.25) is 4.79 Å². The first kappa shape index (κ1) is 16.7. The Balaban J connectivity index is 1.70. The molecule has 6 heteroatoms. The van der Waals surface area contributed by atoms with Crippen molar-refractivity contribution in [2.24, 2.45) is 11.7 Å². The monoisotopic (exact) mass is 378 g/mol. The molecule has 1 aromatic carbocycles. The number of anilines is 1. The van der Waals surface area contributed by atoms with Crippen LogP contribution in [-0.4, -0.2) is 28.0 Å². The Kier molecular flexibility index (Phi) is 4.08. The molecular weight excluding hydrogens is 356 g/mol. The zero-order valence-corrected chi connectivity index (χ0v) is 15.9. The Morgan fingerprint density at radius 1 is 1.15 bits per heavy atom. The fraction of sp³-hybridized carbons (Fsp3) is 0.381. The van der Waals surface area contributed by atoms with Crippen LogP contribution in [0.1, 0.15) is 32.1 Å². The fourth-order valence-electron chi connectivity index (χ4n) is 4.90. The molecule has 1 aliphatic carbocycles. The van der Waals surface area contributed by atoms with Crippen molar-refractivity contribution in [2.75, 3.05) is 4.90 Å². The van der Waals surface area contributed by atoms with Crippen LogP contribution in [0.25, 0.3) is 21.3 Å². The van der Waals surface area contributed by atoms with E-state index >= 15 is 0 Å². The van der Waals surface area contributed by atoms with Gasteiger partial charge < -0.3 is 10.6 Å². The maximum atomic E-state index is 12.3. The lowest BCUT2D eigenvalue weighted by Gasteiger charge is -2.34. The van der Waals surface area contributed by atoms with Gasteiger partial charge in [0.25, 0.3) is 0 Å². The number of rotatable bonds is 3. The van der Waals surface area contributed by atoms with Crippen LogP contribution in [0.5, 0.6) is 0 Å². The van der Waals surface area contributed by atoms with Gasteiger partial charge in [0, 0.05) is 17.0 Å². The summed E-state index contributed by atoms with van der Waals surface area (Å²) in [6, 6.07) is 10.4. The van der Waals surface area contributed by atoms with Crippen LogP contribution in [0.3, 0.4) is 0 Å². The predicted molar refractivity (Wildman–Crippen MR) is 109 cm³/mol. The number of fused-ring (bicyclic) bond motifs is 2. The van der Waals surface area contributed by atoms with Crippen molar-refractivity contribution in [3.05, 3.63) is 42.0 Å². The summed E-state index contributed by atoms with van der Waals surface area (Å²) in [4.78, 5) is 24.7. The molecule has 1 aliphatic heterocycles. The first-order valence-corrected chi connectivity index (χ1v) is 10.5. The average molecular weight is 379 g/mol. The second-order valence-electron chi connectivity index (χ2n) is 7.57. The van der Waals surface area contributed by atoms with E-state index in [1.165, 1.54) is 19.3 Å². The van der Waals surface area contributed by atoms with E-state index in [2.05, 4.69) is 32.4 Å². The Morgan fingerprint density at radius 3 is 2.78 bits per heavy atom. The smallest absolute Gasteiger partial charge is 0.240 e. The molecule has 0 spiro atoms. The highest BCUT2D eigenvalue weighted by Crippen LogP contribution is 2.45. The molecule has 138 valence electrons. The molecule has 2 N–H and O–H groups in total. The average Bonchev–Trinajstić information content (AvgIpc) is 3.30. The highest BCUT2D eigenvalue weighted by Gasteiger charge is 2.45. The van der Waals surface area contributed by atoms with Crippen molar-refractivity contribution in [1.82, 2.24) is 9.97 Å². The first-order valence-electron chi connectivity index (χ1n) is 9.59. The van der Waals surface area contributed by atoms with E-state index in [-0.39, 0.29) is 11.9 Å². The van der Waals surface area contributed by atoms with E-state index in [9.17, 15) is 4.79 Å². The van der Waals surface area contributed by atoms with Crippen LogP contribution >= 0.6 is 11.3 Å².